The molecular formula is C37H65NO7. The smallest absolute Gasteiger partial charge is 0.311 e. The highest BCUT2D eigenvalue weighted by Gasteiger charge is 2.47. The molecule has 260 valence electrons. The number of rotatable bonds is 11. The Morgan fingerprint density at radius 1 is 0.778 bits per heavy atom. The number of hydrogen-bond donors (Lipinski definition) is 0. The number of hydrogen-bond acceptors (Lipinski definition) is 8. The zero-order valence-electron chi connectivity index (χ0n) is 29.7. The maximum Gasteiger partial charge on any atom is 0.311 e. The van der Waals surface area contributed by atoms with Gasteiger partial charge < -0.3 is 28.6 Å². The molecule has 4 saturated heterocycles. The SMILES string of the molecule is CCCC1CC2CCC(O2)C(CC)C(=O)OC(C(CC)C2CCC(CC(CCC)N(C)C)O2)C(C)C2CCC(O2)C(C)C(=O)O1. The molecule has 0 aliphatic carbocycles. The van der Waals surface area contributed by atoms with Crippen molar-refractivity contribution < 1.29 is 33.3 Å². The van der Waals surface area contributed by atoms with E-state index in [1.54, 1.807) is 0 Å². The highest BCUT2D eigenvalue weighted by Crippen LogP contribution is 2.41. The molecule has 0 amide bonds. The predicted octanol–water partition coefficient (Wildman–Crippen LogP) is 7.10. The monoisotopic (exact) mass is 635 g/mol. The second-order valence-electron chi connectivity index (χ2n) is 14.9. The Balaban J connectivity index is 1.57. The van der Waals surface area contributed by atoms with Gasteiger partial charge in [-0.1, -0.05) is 47.5 Å². The number of nitrogens with zero attached hydrogens (tertiary/aromatic N) is 1. The normalized spacial score (nSPS) is 39.5. The van der Waals surface area contributed by atoms with Crippen molar-refractivity contribution in [1.29, 1.82) is 0 Å². The van der Waals surface area contributed by atoms with Crippen LogP contribution in [0.15, 0.2) is 0 Å². The van der Waals surface area contributed by atoms with E-state index < -0.39 is 0 Å². The summed E-state index contributed by atoms with van der Waals surface area (Å²) in [6.45, 7) is 12.7. The molecule has 8 nitrogen and oxygen atoms in total. The van der Waals surface area contributed by atoms with E-state index in [4.69, 9.17) is 23.7 Å². The van der Waals surface area contributed by atoms with Crippen LogP contribution >= 0.6 is 0 Å². The molecule has 0 radical (unpaired) electrons. The molecule has 0 spiro atoms. The average Bonchev–Trinajstić information content (AvgIpc) is 3.78. The Labute approximate surface area is 274 Å². The van der Waals surface area contributed by atoms with Crippen LogP contribution in [0.4, 0.5) is 0 Å². The Kier molecular flexibility index (Phi) is 14.0. The number of ether oxygens (including phenoxy) is 5. The van der Waals surface area contributed by atoms with Crippen molar-refractivity contribution in [2.75, 3.05) is 14.1 Å². The van der Waals surface area contributed by atoms with E-state index in [9.17, 15) is 9.59 Å². The van der Waals surface area contributed by atoms with Gasteiger partial charge in [0.2, 0.25) is 0 Å². The Morgan fingerprint density at radius 2 is 1.51 bits per heavy atom. The van der Waals surface area contributed by atoms with Gasteiger partial charge in [0.15, 0.2) is 0 Å². The Morgan fingerprint density at radius 3 is 2.18 bits per heavy atom. The summed E-state index contributed by atoms with van der Waals surface area (Å²) in [6, 6.07) is 0.508. The third-order valence-corrected chi connectivity index (χ3v) is 11.5. The van der Waals surface area contributed by atoms with E-state index in [1.165, 1.54) is 6.42 Å². The number of cyclic esters (lactones) is 2. The van der Waals surface area contributed by atoms with Crippen molar-refractivity contribution in [2.45, 2.75) is 186 Å². The first-order valence-corrected chi connectivity index (χ1v) is 18.6. The average molecular weight is 636 g/mol. The van der Waals surface area contributed by atoms with Crippen molar-refractivity contribution in [3.05, 3.63) is 0 Å². The molecule has 0 N–H and O–H groups in total. The molecule has 4 rings (SSSR count). The molecule has 4 aliphatic rings. The van der Waals surface area contributed by atoms with Gasteiger partial charge in [-0.2, -0.15) is 0 Å². The number of carbonyl (C=O) groups excluding carboxylic acids is 2. The summed E-state index contributed by atoms with van der Waals surface area (Å²) < 4.78 is 32.7. The van der Waals surface area contributed by atoms with E-state index in [0.717, 1.165) is 70.6 Å². The van der Waals surface area contributed by atoms with Crippen LogP contribution in [-0.4, -0.2) is 85.8 Å². The molecule has 8 heteroatoms. The quantitative estimate of drug-likeness (QED) is 0.222. The molecule has 4 aliphatic heterocycles. The molecule has 4 fully saturated rings. The minimum atomic E-state index is -0.342. The minimum Gasteiger partial charge on any atom is -0.462 e. The zero-order chi connectivity index (χ0) is 32.7. The molecule has 0 aromatic heterocycles. The van der Waals surface area contributed by atoms with Crippen molar-refractivity contribution in [3.8, 4) is 0 Å². The third-order valence-electron chi connectivity index (χ3n) is 11.5. The predicted molar refractivity (Wildman–Crippen MR) is 176 cm³/mol. The number of carbonyl (C=O) groups is 2. The highest BCUT2D eigenvalue weighted by molar-refractivity contribution is 5.73. The number of esters is 2. The molecule has 13 unspecified atom stereocenters. The van der Waals surface area contributed by atoms with Gasteiger partial charge in [0.25, 0.3) is 0 Å². The highest BCUT2D eigenvalue weighted by atomic mass is 16.6. The van der Waals surface area contributed by atoms with Crippen molar-refractivity contribution in [3.63, 3.8) is 0 Å². The molecule has 13 atom stereocenters. The van der Waals surface area contributed by atoms with Gasteiger partial charge in [-0.25, -0.2) is 0 Å². The van der Waals surface area contributed by atoms with Gasteiger partial charge in [0.05, 0.1) is 48.5 Å². The summed E-state index contributed by atoms with van der Waals surface area (Å²) in [4.78, 5) is 29.8. The van der Waals surface area contributed by atoms with Gasteiger partial charge in [-0.05, 0) is 91.6 Å². The molecule has 45 heavy (non-hydrogen) atoms. The maximum absolute atomic E-state index is 14.1. The topological polar surface area (TPSA) is 83.5 Å². The molecule has 0 aromatic carbocycles. The molecule has 4 bridgehead atoms. The van der Waals surface area contributed by atoms with Gasteiger partial charge in [-0.15, -0.1) is 0 Å². The van der Waals surface area contributed by atoms with Gasteiger partial charge >= 0.3 is 11.9 Å². The van der Waals surface area contributed by atoms with Crippen molar-refractivity contribution >= 4 is 11.9 Å². The lowest BCUT2D eigenvalue weighted by Gasteiger charge is -2.38. The summed E-state index contributed by atoms with van der Waals surface area (Å²) in [5, 5.41) is 0. The van der Waals surface area contributed by atoms with Crippen molar-refractivity contribution in [1.82, 2.24) is 4.90 Å². The summed E-state index contributed by atoms with van der Waals surface area (Å²) in [7, 11) is 4.34. The number of fused-ring (bicyclic) bond motifs is 4. The maximum atomic E-state index is 14.1. The lowest BCUT2D eigenvalue weighted by Crippen LogP contribution is -2.45. The summed E-state index contributed by atoms with van der Waals surface area (Å²) >= 11 is 0. The summed E-state index contributed by atoms with van der Waals surface area (Å²) in [6.07, 6.45) is 12.0. The van der Waals surface area contributed by atoms with Gasteiger partial charge in [0, 0.05) is 24.3 Å². The van der Waals surface area contributed by atoms with Crippen LogP contribution < -0.4 is 0 Å². The van der Waals surface area contributed by atoms with Crippen LogP contribution in [0, 0.1) is 23.7 Å². The summed E-state index contributed by atoms with van der Waals surface area (Å²) in [5.74, 6) is -0.919. The van der Waals surface area contributed by atoms with Crippen LogP contribution in [0.5, 0.6) is 0 Å². The van der Waals surface area contributed by atoms with E-state index >= 15 is 0 Å². The first-order chi connectivity index (χ1) is 21.6. The van der Waals surface area contributed by atoms with Crippen LogP contribution in [0.1, 0.15) is 131 Å². The Bertz CT molecular complexity index is 928. The lowest BCUT2D eigenvalue weighted by molar-refractivity contribution is -0.177. The van der Waals surface area contributed by atoms with E-state index in [2.05, 4.69) is 53.6 Å². The Hall–Kier alpha value is -1.22. The van der Waals surface area contributed by atoms with Crippen LogP contribution in [0.2, 0.25) is 0 Å². The van der Waals surface area contributed by atoms with Gasteiger partial charge in [-0.3, -0.25) is 9.59 Å². The van der Waals surface area contributed by atoms with Crippen molar-refractivity contribution in [2.24, 2.45) is 23.7 Å². The second-order valence-corrected chi connectivity index (χ2v) is 14.9. The van der Waals surface area contributed by atoms with Gasteiger partial charge in [0.1, 0.15) is 12.2 Å². The van der Waals surface area contributed by atoms with E-state index in [1.807, 2.05) is 6.92 Å². The van der Waals surface area contributed by atoms with Crippen LogP contribution in [-0.2, 0) is 33.3 Å². The molecule has 4 heterocycles. The largest absolute Gasteiger partial charge is 0.462 e. The van der Waals surface area contributed by atoms with E-state index in [-0.39, 0.29) is 84.4 Å². The minimum absolute atomic E-state index is 0.0165. The first kappa shape index (κ1) is 36.6. The second kappa shape index (κ2) is 17.3. The van der Waals surface area contributed by atoms with E-state index in [0.29, 0.717) is 18.9 Å². The standard InChI is InChI=1S/C37H65NO7/c1-9-13-25(38(7)8)21-27-15-17-33(41-27)29(11-3)35-23(5)31-19-20-32(44-31)24(6)36(39)43-26(14-10-2)22-28-16-18-34(42-28)30(12-4)37(40)45-35/h23-35H,9-22H2,1-8H3. The molecular weight excluding hydrogens is 570 g/mol. The third kappa shape index (κ3) is 9.23. The van der Waals surface area contributed by atoms with Crippen LogP contribution in [0.25, 0.3) is 0 Å². The molecule has 0 saturated carbocycles. The zero-order valence-corrected chi connectivity index (χ0v) is 29.7. The lowest BCUT2D eigenvalue weighted by atomic mass is 9.81. The fourth-order valence-corrected chi connectivity index (χ4v) is 8.66. The first-order valence-electron chi connectivity index (χ1n) is 18.6. The molecule has 0 aromatic rings. The fourth-order valence-electron chi connectivity index (χ4n) is 8.66. The summed E-state index contributed by atoms with van der Waals surface area (Å²) in [5.41, 5.74) is 0. The fraction of sp³-hybridized carbons (Fsp3) is 0.946. The van der Waals surface area contributed by atoms with Crippen LogP contribution in [0.3, 0.4) is 0 Å².